The van der Waals surface area contributed by atoms with Crippen molar-refractivity contribution in [1.82, 2.24) is 0 Å². The quantitative estimate of drug-likeness (QED) is 0.736. The van der Waals surface area contributed by atoms with E-state index in [1.54, 1.807) is 5.38 Å². The van der Waals surface area contributed by atoms with Crippen molar-refractivity contribution in [2.75, 3.05) is 0 Å². The van der Waals surface area contributed by atoms with Gasteiger partial charge in [0, 0.05) is 5.56 Å². The summed E-state index contributed by atoms with van der Waals surface area (Å²) in [6, 6.07) is 6.16. The van der Waals surface area contributed by atoms with Crippen LogP contribution in [-0.2, 0) is 6.18 Å². The molecule has 0 fully saturated rings. The highest BCUT2D eigenvalue weighted by Crippen LogP contribution is 2.34. The molecule has 2 aromatic rings. The van der Waals surface area contributed by atoms with Gasteiger partial charge in [0.1, 0.15) is 0 Å². The lowest BCUT2D eigenvalue weighted by Crippen LogP contribution is -2.13. The standard InChI is InChI=1S/C12H6ClF3OS/c13-9-5-6-18-11(9)10(17)7-3-1-2-4-8(7)12(14,15)16/h1-6H. The van der Waals surface area contributed by atoms with Crippen LogP contribution >= 0.6 is 22.9 Å². The molecule has 0 spiro atoms. The number of benzene rings is 1. The summed E-state index contributed by atoms with van der Waals surface area (Å²) in [4.78, 5) is 12.1. The average molecular weight is 291 g/mol. The molecule has 0 atom stereocenters. The first-order valence-electron chi connectivity index (χ1n) is 4.85. The van der Waals surface area contributed by atoms with Gasteiger partial charge < -0.3 is 0 Å². The third-order valence-corrected chi connectivity index (χ3v) is 3.64. The van der Waals surface area contributed by atoms with E-state index in [-0.39, 0.29) is 15.5 Å². The number of halogens is 4. The van der Waals surface area contributed by atoms with Crippen molar-refractivity contribution >= 4 is 28.7 Å². The van der Waals surface area contributed by atoms with Crippen LogP contribution in [0.2, 0.25) is 5.02 Å². The molecule has 0 N–H and O–H groups in total. The van der Waals surface area contributed by atoms with Crippen molar-refractivity contribution in [1.29, 1.82) is 0 Å². The molecule has 1 aromatic carbocycles. The summed E-state index contributed by atoms with van der Waals surface area (Å²) in [5, 5.41) is 1.73. The van der Waals surface area contributed by atoms with Gasteiger partial charge in [0.05, 0.1) is 15.5 Å². The highest BCUT2D eigenvalue weighted by atomic mass is 35.5. The molecule has 1 nitrogen and oxygen atoms in total. The maximum absolute atomic E-state index is 12.8. The fourth-order valence-electron chi connectivity index (χ4n) is 1.51. The topological polar surface area (TPSA) is 17.1 Å². The molecule has 0 unspecified atom stereocenters. The molecule has 1 aromatic heterocycles. The maximum Gasteiger partial charge on any atom is 0.417 e. The molecule has 94 valence electrons. The zero-order chi connectivity index (χ0) is 13.3. The van der Waals surface area contributed by atoms with E-state index in [0.29, 0.717) is 0 Å². The van der Waals surface area contributed by atoms with E-state index in [2.05, 4.69) is 0 Å². The SMILES string of the molecule is O=C(c1ccccc1C(F)(F)F)c1sccc1Cl. The Morgan fingerprint density at radius 2 is 1.83 bits per heavy atom. The fourth-order valence-corrected chi connectivity index (χ4v) is 2.60. The minimum Gasteiger partial charge on any atom is -0.288 e. The van der Waals surface area contributed by atoms with Gasteiger partial charge in [0.15, 0.2) is 0 Å². The molecule has 1 heterocycles. The summed E-state index contributed by atoms with van der Waals surface area (Å²) >= 11 is 6.78. The first-order chi connectivity index (χ1) is 8.41. The number of thiophene rings is 1. The van der Waals surface area contributed by atoms with Gasteiger partial charge >= 0.3 is 6.18 Å². The Morgan fingerprint density at radius 3 is 2.39 bits per heavy atom. The van der Waals surface area contributed by atoms with Crippen LogP contribution in [0.25, 0.3) is 0 Å². The molecular formula is C12H6ClF3OS. The van der Waals surface area contributed by atoms with E-state index in [9.17, 15) is 18.0 Å². The van der Waals surface area contributed by atoms with Crippen LogP contribution in [0.5, 0.6) is 0 Å². The minimum absolute atomic E-state index is 0.119. The molecule has 0 radical (unpaired) electrons. The number of rotatable bonds is 2. The van der Waals surface area contributed by atoms with Crippen molar-refractivity contribution in [2.45, 2.75) is 6.18 Å². The highest BCUT2D eigenvalue weighted by Gasteiger charge is 2.35. The lowest BCUT2D eigenvalue weighted by molar-refractivity contribution is -0.137. The molecular weight excluding hydrogens is 285 g/mol. The molecule has 0 bridgehead atoms. The van der Waals surface area contributed by atoms with Gasteiger partial charge in [-0.05, 0) is 17.5 Å². The Labute approximate surface area is 110 Å². The first-order valence-corrected chi connectivity index (χ1v) is 6.11. The second-order valence-corrected chi connectivity index (χ2v) is 4.79. The highest BCUT2D eigenvalue weighted by molar-refractivity contribution is 7.13. The number of hydrogen-bond donors (Lipinski definition) is 0. The number of carbonyl (C=O) groups is 1. The summed E-state index contributed by atoms with van der Waals surface area (Å²) in [7, 11) is 0. The van der Waals surface area contributed by atoms with Crippen LogP contribution in [0.15, 0.2) is 35.7 Å². The van der Waals surface area contributed by atoms with Crippen LogP contribution in [0.3, 0.4) is 0 Å². The zero-order valence-corrected chi connectivity index (χ0v) is 10.4. The number of ketones is 1. The maximum atomic E-state index is 12.8. The van der Waals surface area contributed by atoms with E-state index in [0.717, 1.165) is 23.5 Å². The summed E-state index contributed by atoms with van der Waals surface area (Å²) < 4.78 is 38.3. The third kappa shape index (κ3) is 2.42. The Morgan fingerprint density at radius 1 is 1.17 bits per heavy atom. The molecule has 2 rings (SSSR count). The minimum atomic E-state index is -4.56. The fraction of sp³-hybridized carbons (Fsp3) is 0.0833. The van der Waals surface area contributed by atoms with E-state index in [1.807, 2.05) is 0 Å². The van der Waals surface area contributed by atoms with Crippen LogP contribution in [-0.4, -0.2) is 5.78 Å². The van der Waals surface area contributed by atoms with Crippen molar-refractivity contribution in [2.24, 2.45) is 0 Å². The lowest BCUT2D eigenvalue weighted by Gasteiger charge is -2.11. The first kappa shape index (κ1) is 13.1. The smallest absolute Gasteiger partial charge is 0.288 e. The number of hydrogen-bond acceptors (Lipinski definition) is 2. The molecule has 0 aliphatic carbocycles. The van der Waals surface area contributed by atoms with E-state index < -0.39 is 17.5 Å². The van der Waals surface area contributed by atoms with Gasteiger partial charge in [-0.1, -0.05) is 29.8 Å². The van der Waals surface area contributed by atoms with Gasteiger partial charge in [-0.25, -0.2) is 0 Å². The van der Waals surface area contributed by atoms with E-state index >= 15 is 0 Å². The number of alkyl halides is 3. The van der Waals surface area contributed by atoms with Crippen LogP contribution in [0.4, 0.5) is 13.2 Å². The second-order valence-electron chi connectivity index (χ2n) is 3.47. The molecule has 0 aliphatic rings. The molecule has 0 aliphatic heterocycles. The Kier molecular flexibility index (Phi) is 3.45. The summed E-state index contributed by atoms with van der Waals surface area (Å²) in [5.74, 6) is -0.706. The molecule has 0 saturated carbocycles. The lowest BCUT2D eigenvalue weighted by atomic mass is 10.0. The van der Waals surface area contributed by atoms with Crippen molar-refractivity contribution in [3.8, 4) is 0 Å². The Balaban J connectivity index is 2.53. The van der Waals surface area contributed by atoms with Gasteiger partial charge in [0.2, 0.25) is 5.78 Å². The Bertz CT molecular complexity index is 589. The van der Waals surface area contributed by atoms with E-state index in [1.165, 1.54) is 18.2 Å². The van der Waals surface area contributed by atoms with Gasteiger partial charge in [-0.2, -0.15) is 13.2 Å². The zero-order valence-electron chi connectivity index (χ0n) is 8.79. The predicted molar refractivity (Wildman–Crippen MR) is 64.2 cm³/mol. The average Bonchev–Trinajstić information content (AvgIpc) is 2.73. The van der Waals surface area contributed by atoms with Crippen LogP contribution in [0, 0.1) is 0 Å². The molecule has 18 heavy (non-hydrogen) atoms. The van der Waals surface area contributed by atoms with Crippen LogP contribution < -0.4 is 0 Å². The Hall–Kier alpha value is -1.33. The van der Waals surface area contributed by atoms with Gasteiger partial charge in [-0.15, -0.1) is 11.3 Å². The second kappa shape index (κ2) is 4.74. The molecule has 0 amide bonds. The van der Waals surface area contributed by atoms with Crippen LogP contribution in [0.1, 0.15) is 20.8 Å². The van der Waals surface area contributed by atoms with Crippen molar-refractivity contribution in [3.05, 3.63) is 56.7 Å². The van der Waals surface area contributed by atoms with E-state index in [4.69, 9.17) is 11.6 Å². The van der Waals surface area contributed by atoms with Crippen molar-refractivity contribution in [3.63, 3.8) is 0 Å². The van der Waals surface area contributed by atoms with Gasteiger partial charge in [-0.3, -0.25) is 4.79 Å². The predicted octanol–water partition coefficient (Wildman–Crippen LogP) is 4.65. The summed E-state index contributed by atoms with van der Waals surface area (Å²) in [6.07, 6.45) is -4.56. The summed E-state index contributed by atoms with van der Waals surface area (Å²) in [5.41, 5.74) is -1.33. The van der Waals surface area contributed by atoms with Crippen molar-refractivity contribution < 1.29 is 18.0 Å². The summed E-state index contributed by atoms with van der Waals surface area (Å²) in [6.45, 7) is 0. The molecule has 0 saturated heterocycles. The monoisotopic (exact) mass is 290 g/mol. The third-order valence-electron chi connectivity index (χ3n) is 2.30. The normalized spacial score (nSPS) is 11.6. The number of carbonyl (C=O) groups excluding carboxylic acids is 1. The molecule has 6 heteroatoms. The van der Waals surface area contributed by atoms with Gasteiger partial charge in [0.25, 0.3) is 0 Å². The largest absolute Gasteiger partial charge is 0.417 e.